The molecule has 2 bridgehead atoms. The van der Waals surface area contributed by atoms with Gasteiger partial charge in [-0.25, -0.2) is 13.1 Å². The lowest BCUT2D eigenvalue weighted by Gasteiger charge is -2.37. The van der Waals surface area contributed by atoms with Crippen molar-refractivity contribution in [3.05, 3.63) is 53.1 Å². The molecule has 2 aliphatic carbocycles. The highest BCUT2D eigenvalue weighted by atomic mass is 32.2. The Morgan fingerprint density at radius 2 is 1.78 bits per heavy atom. The molecule has 2 atom stereocenters. The molecule has 0 unspecified atom stereocenters. The Morgan fingerprint density at radius 1 is 1.02 bits per heavy atom. The topological polar surface area (TPSA) is 101 Å². The molecule has 0 radical (unpaired) electrons. The van der Waals surface area contributed by atoms with E-state index >= 15 is 0 Å². The molecule has 4 fully saturated rings. The number of benzene rings is 2. The molecular formula is C39H52N4O5S. The number of hydrogen-bond acceptors (Lipinski definition) is 6. The second-order valence-corrected chi connectivity index (χ2v) is 17.6. The number of rotatable bonds is 11. The van der Waals surface area contributed by atoms with Crippen LogP contribution in [-0.4, -0.2) is 79.2 Å². The number of aryl methyl sites for hydroxylation is 1. The first-order valence-corrected chi connectivity index (χ1v) is 20.0. The maximum atomic E-state index is 14.6. The minimum absolute atomic E-state index is 0.178. The number of carbonyl (C=O) groups is 2. The van der Waals surface area contributed by atoms with Crippen LogP contribution in [0.15, 0.2) is 36.4 Å². The molecule has 9 nitrogen and oxygen atoms in total. The van der Waals surface area contributed by atoms with E-state index in [0.29, 0.717) is 30.0 Å². The summed E-state index contributed by atoms with van der Waals surface area (Å²) in [5.41, 5.74) is 5.28. The number of sulfonamides is 1. The van der Waals surface area contributed by atoms with Crippen LogP contribution in [-0.2, 0) is 21.4 Å². The van der Waals surface area contributed by atoms with Crippen LogP contribution in [0.2, 0.25) is 0 Å². The number of likely N-dealkylation sites (tertiary alicyclic amines) is 2. The third-order valence-electron chi connectivity index (χ3n) is 11.7. The summed E-state index contributed by atoms with van der Waals surface area (Å²) in [5.74, 6) is 1.21. The van der Waals surface area contributed by atoms with Gasteiger partial charge in [-0.2, -0.15) is 0 Å². The van der Waals surface area contributed by atoms with Crippen LogP contribution in [0.4, 0.5) is 0 Å². The molecule has 0 spiro atoms. The number of nitrogens with zero attached hydrogens (tertiary/aromatic N) is 3. The van der Waals surface area contributed by atoms with Gasteiger partial charge >= 0.3 is 0 Å². The number of carbonyl (C=O) groups excluding carboxylic acids is 2. The molecule has 3 heterocycles. The Hall–Kier alpha value is -3.37. The average Bonchev–Trinajstić information content (AvgIpc) is 3.44. The van der Waals surface area contributed by atoms with Gasteiger partial charge in [-0.15, -0.1) is 0 Å². The van der Waals surface area contributed by atoms with Crippen molar-refractivity contribution in [3.8, 4) is 17.0 Å². The zero-order chi connectivity index (χ0) is 34.7. The maximum Gasteiger partial charge on any atom is 0.264 e. The van der Waals surface area contributed by atoms with Gasteiger partial charge in [-0.3, -0.25) is 14.5 Å². The molecule has 2 aliphatic heterocycles. The van der Waals surface area contributed by atoms with Crippen molar-refractivity contribution in [3.63, 3.8) is 0 Å². The van der Waals surface area contributed by atoms with E-state index in [1.165, 1.54) is 31.7 Å². The van der Waals surface area contributed by atoms with Gasteiger partial charge in [0.1, 0.15) is 5.75 Å². The Morgan fingerprint density at radius 3 is 2.39 bits per heavy atom. The van der Waals surface area contributed by atoms with Crippen LogP contribution in [0, 0.1) is 18.3 Å². The van der Waals surface area contributed by atoms with Crippen LogP contribution in [0.1, 0.15) is 99.5 Å². The molecule has 2 aromatic carbocycles. The first kappa shape index (κ1) is 34.1. The van der Waals surface area contributed by atoms with Gasteiger partial charge in [0.2, 0.25) is 15.9 Å². The van der Waals surface area contributed by atoms with Crippen molar-refractivity contribution in [2.24, 2.45) is 11.3 Å². The van der Waals surface area contributed by atoms with E-state index in [4.69, 9.17) is 4.74 Å². The largest absolute Gasteiger partial charge is 0.497 e. The molecule has 10 heteroatoms. The highest BCUT2D eigenvalue weighted by molar-refractivity contribution is 7.90. The minimum Gasteiger partial charge on any atom is -0.497 e. The smallest absolute Gasteiger partial charge is 0.264 e. The zero-order valence-corrected chi connectivity index (χ0v) is 30.6. The normalized spacial score (nSPS) is 22.3. The Bertz CT molecular complexity index is 1870. The number of fused-ring (bicyclic) bond motifs is 3. The van der Waals surface area contributed by atoms with Crippen LogP contribution in [0.5, 0.6) is 5.75 Å². The van der Waals surface area contributed by atoms with Crippen molar-refractivity contribution >= 4 is 32.7 Å². The third kappa shape index (κ3) is 6.39. The number of aromatic nitrogens is 1. The summed E-state index contributed by atoms with van der Waals surface area (Å²) in [5, 5.41) is 1.08. The van der Waals surface area contributed by atoms with Gasteiger partial charge in [0, 0.05) is 60.3 Å². The number of nitrogens with one attached hydrogen (secondary N) is 1. The van der Waals surface area contributed by atoms with Crippen molar-refractivity contribution in [2.45, 2.75) is 104 Å². The highest BCUT2D eigenvalue weighted by Crippen LogP contribution is 2.53. The van der Waals surface area contributed by atoms with Gasteiger partial charge < -0.3 is 14.2 Å². The molecule has 3 aromatic rings. The highest BCUT2D eigenvalue weighted by Gasteiger charge is 2.56. The minimum atomic E-state index is -3.73. The quantitative estimate of drug-likeness (QED) is 0.248. The van der Waals surface area contributed by atoms with E-state index < -0.39 is 21.3 Å². The van der Waals surface area contributed by atoms with E-state index in [0.717, 1.165) is 85.2 Å². The predicted octanol–water partition coefficient (Wildman–Crippen LogP) is 6.47. The predicted molar refractivity (Wildman–Crippen MR) is 193 cm³/mol. The third-order valence-corrected chi connectivity index (χ3v) is 12.9. The Balaban J connectivity index is 1.35. The molecule has 7 rings (SSSR count). The Labute approximate surface area is 291 Å². The van der Waals surface area contributed by atoms with Crippen molar-refractivity contribution in [1.82, 2.24) is 19.1 Å². The SMILES string of the molecule is CCS(=O)(=O)NC(=O)c1ccc2c(C3CCCCC3)c(-c3ccc(OC)cc3C)n(CC3(C(=O)N4C[C@@H]5C[C@H]4CN5CC(C)C)CC3)c2c1. The number of hydrogen-bond donors (Lipinski definition) is 1. The molecule has 264 valence electrons. The monoisotopic (exact) mass is 688 g/mol. The van der Waals surface area contributed by atoms with Crippen LogP contribution in [0.3, 0.4) is 0 Å². The van der Waals surface area contributed by atoms with E-state index in [2.05, 4.69) is 52.0 Å². The maximum absolute atomic E-state index is 14.6. The van der Waals surface area contributed by atoms with E-state index in [1.54, 1.807) is 13.2 Å². The number of amides is 2. The summed E-state index contributed by atoms with van der Waals surface area (Å²) in [4.78, 5) is 32.7. The first-order valence-electron chi connectivity index (χ1n) is 18.3. The molecule has 1 N–H and O–H groups in total. The van der Waals surface area contributed by atoms with Crippen LogP contribution < -0.4 is 9.46 Å². The molecule has 4 aliphatic rings. The first-order chi connectivity index (χ1) is 23.4. The molecule has 1 aromatic heterocycles. The fourth-order valence-corrected chi connectivity index (χ4v) is 9.51. The molecule has 49 heavy (non-hydrogen) atoms. The summed E-state index contributed by atoms with van der Waals surface area (Å²) < 4.78 is 34.9. The fourth-order valence-electron chi connectivity index (χ4n) is 8.97. The molecule has 2 saturated carbocycles. The molecule has 2 saturated heterocycles. The van der Waals surface area contributed by atoms with Crippen molar-refractivity contribution < 1.29 is 22.7 Å². The number of ether oxygens (including phenoxy) is 1. The van der Waals surface area contributed by atoms with E-state index in [1.807, 2.05) is 18.2 Å². The number of piperazine rings is 1. The lowest BCUT2D eigenvalue weighted by molar-refractivity contribution is -0.140. The standard InChI is InChI=1S/C39H52N4O5S/c1-6-49(46,47)40-37(44)28-12-14-33-34(19-28)43(24-39(16-17-39)38(45)42-23-29-20-30(42)22-41(29)21-25(2)3)36(35(33)27-10-8-7-9-11-27)32-15-13-31(48-5)18-26(32)4/h12-15,18-19,25,27,29-30H,6-11,16-17,20-24H2,1-5H3,(H,40,44)/t29-,30-/m0/s1. The second kappa shape index (κ2) is 13.1. The summed E-state index contributed by atoms with van der Waals surface area (Å²) in [6, 6.07) is 12.5. The second-order valence-electron chi connectivity index (χ2n) is 15.6. The van der Waals surface area contributed by atoms with Gasteiger partial charge in [-0.1, -0.05) is 39.2 Å². The Kier molecular flexibility index (Phi) is 9.09. The average molecular weight is 689 g/mol. The van der Waals surface area contributed by atoms with Gasteiger partial charge in [0.15, 0.2) is 0 Å². The van der Waals surface area contributed by atoms with Crippen molar-refractivity contribution in [2.75, 3.05) is 32.5 Å². The lowest BCUT2D eigenvalue weighted by Crippen LogP contribution is -2.52. The fraction of sp³-hybridized carbons (Fsp3) is 0.590. The summed E-state index contributed by atoms with van der Waals surface area (Å²) in [6.45, 7) is 11.5. The van der Waals surface area contributed by atoms with Crippen LogP contribution in [0.25, 0.3) is 22.2 Å². The summed E-state index contributed by atoms with van der Waals surface area (Å²) >= 11 is 0. The van der Waals surface area contributed by atoms with Gasteiger partial charge in [0.25, 0.3) is 5.91 Å². The summed E-state index contributed by atoms with van der Waals surface area (Å²) in [7, 11) is -2.05. The zero-order valence-electron chi connectivity index (χ0n) is 29.8. The molecular weight excluding hydrogens is 637 g/mol. The molecule has 2 amide bonds. The lowest BCUT2D eigenvalue weighted by atomic mass is 9.81. The van der Waals surface area contributed by atoms with Gasteiger partial charge in [-0.05, 0) is 99.2 Å². The number of methoxy groups -OCH3 is 1. The van der Waals surface area contributed by atoms with Gasteiger partial charge in [0.05, 0.1) is 24.0 Å². The summed E-state index contributed by atoms with van der Waals surface area (Å²) in [6.07, 6.45) is 8.48. The van der Waals surface area contributed by atoms with Crippen molar-refractivity contribution in [1.29, 1.82) is 0 Å². The van der Waals surface area contributed by atoms with E-state index in [-0.39, 0.29) is 17.7 Å². The van der Waals surface area contributed by atoms with E-state index in [9.17, 15) is 18.0 Å². The van der Waals surface area contributed by atoms with Crippen LogP contribution >= 0.6 is 0 Å².